The second-order valence-electron chi connectivity index (χ2n) is 9.19. The van der Waals surface area contributed by atoms with Crippen LogP contribution < -0.4 is 5.32 Å². The van der Waals surface area contributed by atoms with Gasteiger partial charge in [0.25, 0.3) is 0 Å². The van der Waals surface area contributed by atoms with Gasteiger partial charge in [-0.05, 0) is 54.7 Å². The van der Waals surface area contributed by atoms with Gasteiger partial charge in [0.15, 0.2) is 0 Å². The number of benzene rings is 1. The fourth-order valence-electron chi connectivity index (χ4n) is 4.41. The summed E-state index contributed by atoms with van der Waals surface area (Å²) in [5.41, 5.74) is 1.72. The van der Waals surface area contributed by atoms with E-state index in [9.17, 15) is 14.7 Å². The van der Waals surface area contributed by atoms with Crippen molar-refractivity contribution in [3.05, 3.63) is 29.3 Å². The summed E-state index contributed by atoms with van der Waals surface area (Å²) in [6, 6.07) is 5.29. The normalized spacial score (nSPS) is 24.9. The van der Waals surface area contributed by atoms with Gasteiger partial charge in [-0.25, -0.2) is 4.79 Å². The highest BCUT2D eigenvalue weighted by Crippen LogP contribution is 2.36. The van der Waals surface area contributed by atoms with Crippen molar-refractivity contribution in [2.75, 3.05) is 13.1 Å². The lowest BCUT2D eigenvalue weighted by atomic mass is 9.75. The van der Waals surface area contributed by atoms with Crippen molar-refractivity contribution >= 4 is 12.0 Å². The summed E-state index contributed by atoms with van der Waals surface area (Å²) in [4.78, 5) is 26.5. The number of hydrogen-bond donors (Lipinski definition) is 2. The molecule has 2 N–H and O–H groups in total. The summed E-state index contributed by atoms with van der Waals surface area (Å²) in [5, 5.41) is 12.5. The van der Waals surface area contributed by atoms with Crippen molar-refractivity contribution in [1.29, 1.82) is 0 Å². The molecule has 0 bridgehead atoms. The van der Waals surface area contributed by atoms with Crippen LogP contribution in [0.2, 0.25) is 0 Å². The lowest BCUT2D eigenvalue weighted by Gasteiger charge is -2.41. The van der Waals surface area contributed by atoms with Crippen LogP contribution in [0.5, 0.6) is 5.75 Å². The number of amides is 2. The van der Waals surface area contributed by atoms with Gasteiger partial charge < -0.3 is 20.1 Å². The van der Waals surface area contributed by atoms with E-state index in [1.165, 1.54) is 6.42 Å². The molecule has 3 atom stereocenters. The zero-order chi connectivity index (χ0) is 21.1. The number of aryl methyl sites for hydroxylation is 1. The van der Waals surface area contributed by atoms with Gasteiger partial charge in [0.05, 0.1) is 5.92 Å². The summed E-state index contributed by atoms with van der Waals surface area (Å²) >= 11 is 0. The predicted molar refractivity (Wildman–Crippen MR) is 111 cm³/mol. The van der Waals surface area contributed by atoms with Crippen molar-refractivity contribution in [2.24, 2.45) is 23.7 Å². The summed E-state index contributed by atoms with van der Waals surface area (Å²) in [5.74, 6) is 1.52. The first-order valence-electron chi connectivity index (χ1n) is 10.8. The quantitative estimate of drug-likeness (QED) is 0.784. The Morgan fingerprint density at radius 2 is 2.00 bits per heavy atom. The molecule has 1 saturated carbocycles. The molecule has 3 rings (SSSR count). The fraction of sp³-hybridized carbons (Fsp3) is 0.652. The zero-order valence-corrected chi connectivity index (χ0v) is 18.0. The second kappa shape index (κ2) is 9.06. The number of carbonyl (C=O) groups is 2. The van der Waals surface area contributed by atoms with E-state index in [2.05, 4.69) is 26.1 Å². The Balaban J connectivity index is 1.44. The van der Waals surface area contributed by atoms with Crippen molar-refractivity contribution in [2.45, 2.75) is 59.6 Å². The first-order chi connectivity index (χ1) is 13.7. The first-order valence-corrected chi connectivity index (χ1v) is 10.8. The number of likely N-dealkylation sites (tertiary alicyclic amines) is 1. The molecular formula is C23H34N2O4. The van der Waals surface area contributed by atoms with Crippen LogP contribution in [0, 0.1) is 30.6 Å². The first kappa shape index (κ1) is 21.5. The van der Waals surface area contributed by atoms with Crippen LogP contribution in [0.25, 0.3) is 0 Å². The third kappa shape index (κ3) is 5.22. The Morgan fingerprint density at radius 1 is 1.28 bits per heavy atom. The topological polar surface area (TPSA) is 78.9 Å². The predicted octanol–water partition coefficient (Wildman–Crippen LogP) is 3.85. The van der Waals surface area contributed by atoms with E-state index in [1.807, 2.05) is 13.0 Å². The maximum absolute atomic E-state index is 12.5. The van der Waals surface area contributed by atoms with E-state index in [4.69, 9.17) is 4.74 Å². The number of nitrogens with zero attached hydrogens (tertiary/aromatic N) is 1. The van der Waals surface area contributed by atoms with E-state index >= 15 is 0 Å². The van der Waals surface area contributed by atoms with Crippen LogP contribution in [0.15, 0.2) is 18.2 Å². The molecule has 0 radical (unpaired) electrons. The van der Waals surface area contributed by atoms with Crippen LogP contribution in [-0.2, 0) is 16.1 Å². The number of phenolic OH excluding ortho intramolecular Hbond substituents is 1. The van der Waals surface area contributed by atoms with Crippen LogP contribution in [-0.4, -0.2) is 41.2 Å². The molecule has 1 heterocycles. The molecule has 1 aromatic carbocycles. The second-order valence-corrected chi connectivity index (χ2v) is 9.19. The van der Waals surface area contributed by atoms with Crippen LogP contribution in [0.1, 0.15) is 51.2 Å². The number of phenols is 1. The minimum Gasteiger partial charge on any atom is -0.508 e. The summed E-state index contributed by atoms with van der Waals surface area (Å²) in [6.45, 7) is 9.67. The average molecular weight is 403 g/mol. The average Bonchev–Trinajstić information content (AvgIpc) is 2.61. The molecule has 1 aliphatic carbocycles. The highest BCUT2D eigenvalue weighted by molar-refractivity contribution is 5.82. The molecule has 2 aliphatic rings. The Hall–Kier alpha value is -2.24. The highest BCUT2D eigenvalue weighted by Gasteiger charge is 2.39. The third-order valence-corrected chi connectivity index (χ3v) is 6.45. The minimum atomic E-state index is -0.284. The number of ether oxygens (including phenoxy) is 1. The lowest BCUT2D eigenvalue weighted by molar-refractivity contribution is -0.129. The van der Waals surface area contributed by atoms with Gasteiger partial charge in [-0.1, -0.05) is 39.3 Å². The molecule has 6 nitrogen and oxygen atoms in total. The van der Waals surface area contributed by atoms with E-state index in [0.29, 0.717) is 37.4 Å². The molecule has 6 heteroatoms. The minimum absolute atomic E-state index is 0.0168. The van der Waals surface area contributed by atoms with Crippen molar-refractivity contribution in [3.8, 4) is 5.75 Å². The molecule has 29 heavy (non-hydrogen) atoms. The number of carbonyl (C=O) groups excluding carboxylic acids is 2. The molecule has 1 aliphatic heterocycles. The summed E-state index contributed by atoms with van der Waals surface area (Å²) in [6.07, 6.45) is 2.94. The van der Waals surface area contributed by atoms with Crippen molar-refractivity contribution in [1.82, 2.24) is 10.2 Å². The number of rotatable bonds is 5. The number of nitrogens with one attached hydrogen (secondary N) is 1. The fourth-order valence-corrected chi connectivity index (χ4v) is 4.41. The van der Waals surface area contributed by atoms with Crippen LogP contribution in [0.4, 0.5) is 4.79 Å². The molecule has 0 unspecified atom stereocenters. The van der Waals surface area contributed by atoms with Gasteiger partial charge in [-0.15, -0.1) is 0 Å². The van der Waals surface area contributed by atoms with Gasteiger partial charge in [0.2, 0.25) is 5.91 Å². The molecule has 2 amide bonds. The van der Waals surface area contributed by atoms with Gasteiger partial charge in [0.1, 0.15) is 11.9 Å². The molecule has 1 saturated heterocycles. The van der Waals surface area contributed by atoms with Crippen LogP contribution in [0.3, 0.4) is 0 Å². The van der Waals surface area contributed by atoms with Gasteiger partial charge in [0, 0.05) is 19.6 Å². The number of aromatic hydroxyl groups is 1. The van der Waals surface area contributed by atoms with Gasteiger partial charge >= 0.3 is 6.09 Å². The van der Waals surface area contributed by atoms with E-state index < -0.39 is 0 Å². The molecule has 0 aromatic heterocycles. The Labute approximate surface area is 173 Å². The smallest absolute Gasteiger partial charge is 0.410 e. The van der Waals surface area contributed by atoms with E-state index in [-0.39, 0.29) is 29.8 Å². The van der Waals surface area contributed by atoms with E-state index in [1.54, 1.807) is 17.0 Å². The molecule has 0 spiro atoms. The maximum atomic E-state index is 12.5. The largest absolute Gasteiger partial charge is 0.508 e. The maximum Gasteiger partial charge on any atom is 0.410 e. The zero-order valence-electron chi connectivity index (χ0n) is 18.0. The van der Waals surface area contributed by atoms with Crippen molar-refractivity contribution < 1.29 is 19.4 Å². The van der Waals surface area contributed by atoms with E-state index in [0.717, 1.165) is 24.0 Å². The third-order valence-electron chi connectivity index (χ3n) is 6.45. The summed E-state index contributed by atoms with van der Waals surface area (Å²) in [7, 11) is 0. The SMILES string of the molecule is Cc1cc(CNC(=O)C2CN(C(=O)O[C@H]3C[C@H](C)CC[C@H]3C(C)C)C2)ccc1O. The Bertz CT molecular complexity index is 742. The van der Waals surface area contributed by atoms with Crippen LogP contribution >= 0.6 is 0 Å². The standard InChI is InChI=1S/C23H34N2O4/c1-14(2)19-7-5-15(3)9-21(19)29-23(28)25-12-18(13-25)22(27)24-11-17-6-8-20(26)16(4)10-17/h6,8,10,14-15,18-19,21,26H,5,7,9,11-13H2,1-4H3,(H,24,27)/t15-,19+,21+/m1/s1. The van der Waals surface area contributed by atoms with Gasteiger partial charge in [-0.2, -0.15) is 0 Å². The number of hydrogen-bond acceptors (Lipinski definition) is 4. The Kier molecular flexibility index (Phi) is 6.70. The van der Waals surface area contributed by atoms with Crippen molar-refractivity contribution in [3.63, 3.8) is 0 Å². The molecule has 160 valence electrons. The molecular weight excluding hydrogens is 368 g/mol. The van der Waals surface area contributed by atoms with Gasteiger partial charge in [-0.3, -0.25) is 4.79 Å². The highest BCUT2D eigenvalue weighted by atomic mass is 16.6. The molecule has 1 aromatic rings. The lowest BCUT2D eigenvalue weighted by Crippen LogP contribution is -2.56. The Morgan fingerprint density at radius 3 is 2.66 bits per heavy atom. The monoisotopic (exact) mass is 402 g/mol. The molecule has 2 fully saturated rings. The summed E-state index contributed by atoms with van der Waals surface area (Å²) < 4.78 is 5.85.